The highest BCUT2D eigenvalue weighted by atomic mass is 28.4. The van der Waals surface area contributed by atoms with Crippen LogP contribution in [0.1, 0.15) is 41.0 Å². The summed E-state index contributed by atoms with van der Waals surface area (Å²) >= 11 is 0. The standard InChI is InChI=1S/C15H26O2Si/c1-6-12-18(16-13(2)3,17-14(4)5)15-10-8-7-9-11-15/h7-11,13-14H,6,12H2,1-5H3. The fourth-order valence-corrected chi connectivity index (χ4v) is 5.94. The lowest BCUT2D eigenvalue weighted by atomic mass is 10.4. The quantitative estimate of drug-likeness (QED) is 0.702. The highest BCUT2D eigenvalue weighted by molar-refractivity contribution is 6.81. The molecule has 0 heterocycles. The Morgan fingerprint density at radius 2 is 1.44 bits per heavy atom. The fraction of sp³-hybridized carbons (Fsp3) is 0.600. The summed E-state index contributed by atoms with van der Waals surface area (Å²) < 4.78 is 12.6. The van der Waals surface area contributed by atoms with Crippen molar-refractivity contribution in [3.63, 3.8) is 0 Å². The van der Waals surface area contributed by atoms with Gasteiger partial charge in [-0.2, -0.15) is 0 Å². The maximum Gasteiger partial charge on any atom is 0.372 e. The molecule has 0 fully saturated rings. The summed E-state index contributed by atoms with van der Waals surface area (Å²) in [4.78, 5) is 0. The largest absolute Gasteiger partial charge is 0.388 e. The van der Waals surface area contributed by atoms with Gasteiger partial charge in [0.15, 0.2) is 0 Å². The van der Waals surface area contributed by atoms with Crippen molar-refractivity contribution in [2.24, 2.45) is 0 Å². The molecule has 1 rings (SSSR count). The van der Waals surface area contributed by atoms with E-state index < -0.39 is 8.56 Å². The molecule has 0 aliphatic heterocycles. The number of rotatable bonds is 7. The minimum Gasteiger partial charge on any atom is -0.388 e. The van der Waals surface area contributed by atoms with E-state index in [0.717, 1.165) is 12.5 Å². The molecule has 1 aromatic carbocycles. The van der Waals surface area contributed by atoms with E-state index in [1.807, 2.05) is 6.07 Å². The summed E-state index contributed by atoms with van der Waals surface area (Å²) in [6.45, 7) is 10.5. The molecular weight excluding hydrogens is 240 g/mol. The number of hydrogen-bond donors (Lipinski definition) is 0. The maximum atomic E-state index is 6.29. The zero-order valence-electron chi connectivity index (χ0n) is 12.3. The molecule has 1 aromatic rings. The third-order valence-corrected chi connectivity index (χ3v) is 6.72. The summed E-state index contributed by atoms with van der Waals surface area (Å²) in [7, 11) is -2.30. The van der Waals surface area contributed by atoms with Gasteiger partial charge in [-0.15, -0.1) is 0 Å². The molecular formula is C15H26O2Si. The summed E-state index contributed by atoms with van der Waals surface area (Å²) in [5.41, 5.74) is 0. The highest BCUT2D eigenvalue weighted by Crippen LogP contribution is 2.20. The van der Waals surface area contributed by atoms with E-state index in [4.69, 9.17) is 8.85 Å². The predicted octanol–water partition coefficient (Wildman–Crippen LogP) is 3.60. The van der Waals surface area contributed by atoms with E-state index in [9.17, 15) is 0 Å². The van der Waals surface area contributed by atoms with Gasteiger partial charge in [0.25, 0.3) is 0 Å². The second kappa shape index (κ2) is 7.07. The van der Waals surface area contributed by atoms with Gasteiger partial charge >= 0.3 is 8.56 Å². The Hall–Kier alpha value is -0.643. The van der Waals surface area contributed by atoms with Crippen molar-refractivity contribution in [1.29, 1.82) is 0 Å². The van der Waals surface area contributed by atoms with Crippen LogP contribution in [0.3, 0.4) is 0 Å². The summed E-state index contributed by atoms with van der Waals surface area (Å²) in [6.07, 6.45) is 1.48. The first kappa shape index (κ1) is 15.4. The Balaban J connectivity index is 3.10. The molecule has 3 heteroatoms. The van der Waals surface area contributed by atoms with Crippen molar-refractivity contribution in [3.05, 3.63) is 30.3 Å². The summed E-state index contributed by atoms with van der Waals surface area (Å²) in [6, 6.07) is 11.5. The van der Waals surface area contributed by atoms with Gasteiger partial charge in [0, 0.05) is 12.2 Å². The third-order valence-electron chi connectivity index (χ3n) is 2.64. The summed E-state index contributed by atoms with van der Waals surface area (Å²) in [5.74, 6) is 0. The van der Waals surface area contributed by atoms with Crippen LogP contribution < -0.4 is 5.19 Å². The zero-order chi connectivity index (χ0) is 13.6. The molecule has 0 bridgehead atoms. The van der Waals surface area contributed by atoms with Gasteiger partial charge in [-0.05, 0) is 38.9 Å². The van der Waals surface area contributed by atoms with Crippen molar-refractivity contribution in [2.75, 3.05) is 0 Å². The molecule has 0 aromatic heterocycles. The average Bonchev–Trinajstić information content (AvgIpc) is 2.28. The molecule has 0 spiro atoms. The van der Waals surface area contributed by atoms with Gasteiger partial charge in [0.05, 0.1) is 0 Å². The highest BCUT2D eigenvalue weighted by Gasteiger charge is 2.40. The number of hydrogen-bond acceptors (Lipinski definition) is 2. The normalized spacial score (nSPS) is 12.4. The van der Waals surface area contributed by atoms with E-state index in [2.05, 4.69) is 58.9 Å². The second-order valence-electron chi connectivity index (χ2n) is 5.20. The van der Waals surface area contributed by atoms with Gasteiger partial charge in [-0.1, -0.05) is 43.7 Å². The molecule has 0 aliphatic rings. The minimum absolute atomic E-state index is 0.196. The molecule has 0 amide bonds. The lowest BCUT2D eigenvalue weighted by molar-refractivity contribution is 0.115. The maximum absolute atomic E-state index is 6.29. The van der Waals surface area contributed by atoms with Crippen molar-refractivity contribution >= 4 is 13.7 Å². The lowest BCUT2D eigenvalue weighted by Gasteiger charge is -2.34. The molecule has 18 heavy (non-hydrogen) atoms. The van der Waals surface area contributed by atoms with E-state index >= 15 is 0 Å². The van der Waals surface area contributed by atoms with Gasteiger partial charge < -0.3 is 8.85 Å². The van der Waals surface area contributed by atoms with Crippen molar-refractivity contribution in [2.45, 2.75) is 59.3 Å². The van der Waals surface area contributed by atoms with Crippen LogP contribution in [0.5, 0.6) is 0 Å². The van der Waals surface area contributed by atoms with Crippen LogP contribution in [0, 0.1) is 0 Å². The Kier molecular flexibility index (Phi) is 6.06. The smallest absolute Gasteiger partial charge is 0.372 e. The van der Waals surface area contributed by atoms with Crippen molar-refractivity contribution in [3.8, 4) is 0 Å². The van der Waals surface area contributed by atoms with Crippen LogP contribution in [-0.4, -0.2) is 20.8 Å². The van der Waals surface area contributed by atoms with Crippen molar-refractivity contribution < 1.29 is 8.85 Å². The van der Waals surface area contributed by atoms with Gasteiger partial charge in [-0.25, -0.2) is 0 Å². The first-order valence-electron chi connectivity index (χ1n) is 6.91. The van der Waals surface area contributed by atoms with Crippen LogP contribution in [-0.2, 0) is 8.85 Å². The number of benzene rings is 1. The van der Waals surface area contributed by atoms with Crippen molar-refractivity contribution in [1.82, 2.24) is 0 Å². The van der Waals surface area contributed by atoms with Crippen LogP contribution in [0.15, 0.2) is 30.3 Å². The fourth-order valence-electron chi connectivity index (χ4n) is 2.21. The molecule has 0 saturated heterocycles. The molecule has 102 valence electrons. The Morgan fingerprint density at radius 3 is 1.83 bits per heavy atom. The molecule has 0 radical (unpaired) electrons. The van der Waals surface area contributed by atoms with Crippen LogP contribution in [0.2, 0.25) is 6.04 Å². The Bertz CT molecular complexity index is 326. The van der Waals surface area contributed by atoms with Crippen LogP contribution in [0.25, 0.3) is 0 Å². The SMILES string of the molecule is CCC[Si](OC(C)C)(OC(C)C)c1ccccc1. The Labute approximate surface area is 113 Å². The third kappa shape index (κ3) is 4.23. The molecule has 2 nitrogen and oxygen atoms in total. The lowest BCUT2D eigenvalue weighted by Crippen LogP contribution is -2.56. The van der Waals surface area contributed by atoms with Crippen LogP contribution >= 0.6 is 0 Å². The van der Waals surface area contributed by atoms with Gasteiger partial charge in [0.1, 0.15) is 0 Å². The van der Waals surface area contributed by atoms with Gasteiger partial charge in [-0.3, -0.25) is 0 Å². The predicted molar refractivity (Wildman–Crippen MR) is 79.4 cm³/mol. The molecule has 0 saturated carbocycles. The van der Waals surface area contributed by atoms with Crippen LogP contribution in [0.4, 0.5) is 0 Å². The first-order chi connectivity index (χ1) is 8.50. The first-order valence-corrected chi connectivity index (χ1v) is 8.93. The van der Waals surface area contributed by atoms with E-state index in [1.54, 1.807) is 0 Å². The zero-order valence-corrected chi connectivity index (χ0v) is 13.3. The topological polar surface area (TPSA) is 18.5 Å². The minimum atomic E-state index is -2.30. The molecule has 0 N–H and O–H groups in total. The average molecular weight is 266 g/mol. The summed E-state index contributed by atoms with van der Waals surface area (Å²) in [5, 5.41) is 1.24. The van der Waals surface area contributed by atoms with E-state index in [0.29, 0.717) is 0 Å². The monoisotopic (exact) mass is 266 g/mol. The molecule has 0 aliphatic carbocycles. The molecule has 0 atom stereocenters. The van der Waals surface area contributed by atoms with E-state index in [1.165, 1.54) is 5.19 Å². The second-order valence-corrected chi connectivity index (χ2v) is 8.26. The Morgan fingerprint density at radius 1 is 0.944 bits per heavy atom. The van der Waals surface area contributed by atoms with E-state index in [-0.39, 0.29) is 12.2 Å². The molecule has 0 unspecified atom stereocenters. The van der Waals surface area contributed by atoms with Gasteiger partial charge in [0.2, 0.25) is 0 Å².